The van der Waals surface area contributed by atoms with Crippen LogP contribution in [0.5, 0.6) is 11.5 Å². The fourth-order valence-corrected chi connectivity index (χ4v) is 3.08. The van der Waals surface area contributed by atoms with Crippen molar-refractivity contribution in [2.45, 2.75) is 33.1 Å². The molecule has 1 aromatic carbocycles. The molecule has 0 aromatic heterocycles. The van der Waals surface area contributed by atoms with Crippen molar-refractivity contribution in [3.05, 3.63) is 23.8 Å². The van der Waals surface area contributed by atoms with Gasteiger partial charge in [0.1, 0.15) is 0 Å². The number of likely N-dealkylation sites (tertiary alicyclic amines) is 1. The number of carbonyl (C=O) groups excluding carboxylic acids is 1. The van der Waals surface area contributed by atoms with Gasteiger partial charge in [-0.1, -0.05) is 6.07 Å². The van der Waals surface area contributed by atoms with E-state index in [0.717, 1.165) is 56.0 Å². The molecule has 1 fully saturated rings. The highest BCUT2D eigenvalue weighted by atomic mass is 16.5. The summed E-state index contributed by atoms with van der Waals surface area (Å²) in [6.07, 6.45) is 2.91. The summed E-state index contributed by atoms with van der Waals surface area (Å²) in [4.78, 5) is 14.2. The van der Waals surface area contributed by atoms with E-state index in [4.69, 9.17) is 14.2 Å². The first-order chi connectivity index (χ1) is 11.6. The number of benzene rings is 1. The van der Waals surface area contributed by atoms with Crippen molar-refractivity contribution in [1.29, 1.82) is 0 Å². The van der Waals surface area contributed by atoms with Crippen LogP contribution < -0.4 is 9.47 Å². The van der Waals surface area contributed by atoms with Gasteiger partial charge in [0, 0.05) is 13.1 Å². The van der Waals surface area contributed by atoms with E-state index in [2.05, 4.69) is 4.90 Å². The van der Waals surface area contributed by atoms with Crippen molar-refractivity contribution in [2.24, 2.45) is 5.92 Å². The minimum absolute atomic E-state index is 0.0248. The van der Waals surface area contributed by atoms with Crippen LogP contribution in [0.1, 0.15) is 31.7 Å². The van der Waals surface area contributed by atoms with Gasteiger partial charge in [-0.05, 0) is 57.4 Å². The molecule has 0 N–H and O–H groups in total. The van der Waals surface area contributed by atoms with Crippen molar-refractivity contribution in [2.75, 3.05) is 40.0 Å². The molecule has 5 heteroatoms. The number of rotatable bonds is 8. The quantitative estimate of drug-likeness (QED) is 0.540. The maximum Gasteiger partial charge on any atom is 0.310 e. The smallest absolute Gasteiger partial charge is 0.310 e. The van der Waals surface area contributed by atoms with Crippen LogP contribution in [0.25, 0.3) is 0 Å². The fourth-order valence-electron chi connectivity index (χ4n) is 3.08. The summed E-state index contributed by atoms with van der Waals surface area (Å²) in [6, 6.07) is 5.95. The Morgan fingerprint density at radius 3 is 2.92 bits per heavy atom. The number of hydrogen-bond donors (Lipinski definition) is 0. The molecule has 1 heterocycles. The van der Waals surface area contributed by atoms with Crippen LogP contribution in [0, 0.1) is 12.8 Å². The van der Waals surface area contributed by atoms with Crippen molar-refractivity contribution in [1.82, 2.24) is 4.90 Å². The van der Waals surface area contributed by atoms with Gasteiger partial charge in [0.15, 0.2) is 11.5 Å². The highest BCUT2D eigenvalue weighted by Crippen LogP contribution is 2.27. The third-order valence-corrected chi connectivity index (χ3v) is 4.32. The van der Waals surface area contributed by atoms with Crippen molar-refractivity contribution < 1.29 is 19.0 Å². The predicted molar refractivity (Wildman–Crippen MR) is 93.6 cm³/mol. The predicted octanol–water partition coefficient (Wildman–Crippen LogP) is 3.05. The second-order valence-corrected chi connectivity index (χ2v) is 6.25. The molecule has 0 aliphatic carbocycles. The van der Waals surface area contributed by atoms with E-state index >= 15 is 0 Å². The number of esters is 1. The number of methoxy groups -OCH3 is 1. The van der Waals surface area contributed by atoms with Crippen molar-refractivity contribution >= 4 is 5.97 Å². The van der Waals surface area contributed by atoms with Crippen LogP contribution in [-0.2, 0) is 9.53 Å². The maximum atomic E-state index is 11.9. The number of piperidine rings is 1. The molecule has 1 aliphatic heterocycles. The molecular weight excluding hydrogens is 306 g/mol. The molecule has 5 nitrogen and oxygen atoms in total. The van der Waals surface area contributed by atoms with Crippen LogP contribution in [0.2, 0.25) is 0 Å². The van der Waals surface area contributed by atoms with Crippen LogP contribution in [0.3, 0.4) is 0 Å². The largest absolute Gasteiger partial charge is 0.493 e. The second kappa shape index (κ2) is 9.52. The van der Waals surface area contributed by atoms with Crippen LogP contribution >= 0.6 is 0 Å². The van der Waals surface area contributed by atoms with E-state index in [-0.39, 0.29) is 11.9 Å². The lowest BCUT2D eigenvalue weighted by molar-refractivity contribution is -0.149. The molecule has 0 spiro atoms. The molecule has 1 atom stereocenters. The normalized spacial score (nSPS) is 18.2. The molecule has 24 heavy (non-hydrogen) atoms. The van der Waals surface area contributed by atoms with Crippen LogP contribution in [0.15, 0.2) is 18.2 Å². The second-order valence-electron chi connectivity index (χ2n) is 6.25. The van der Waals surface area contributed by atoms with E-state index < -0.39 is 0 Å². The summed E-state index contributed by atoms with van der Waals surface area (Å²) >= 11 is 0. The zero-order valence-corrected chi connectivity index (χ0v) is 15.0. The molecular formula is C19H29NO4. The summed E-state index contributed by atoms with van der Waals surface area (Å²) in [7, 11) is 1.66. The molecule has 0 radical (unpaired) electrons. The van der Waals surface area contributed by atoms with Crippen molar-refractivity contribution in [3.63, 3.8) is 0 Å². The first kappa shape index (κ1) is 18.6. The Balaban J connectivity index is 1.73. The average molecular weight is 335 g/mol. The first-order valence-electron chi connectivity index (χ1n) is 8.80. The summed E-state index contributed by atoms with van der Waals surface area (Å²) in [5.41, 5.74) is 1.15. The Labute approximate surface area is 144 Å². The molecule has 0 bridgehead atoms. The number of aryl methyl sites for hydroxylation is 1. The third-order valence-electron chi connectivity index (χ3n) is 4.32. The average Bonchev–Trinajstić information content (AvgIpc) is 2.60. The van der Waals surface area contributed by atoms with Crippen molar-refractivity contribution in [3.8, 4) is 11.5 Å². The highest BCUT2D eigenvalue weighted by molar-refractivity contribution is 5.72. The molecule has 1 unspecified atom stereocenters. The zero-order chi connectivity index (χ0) is 17.4. The molecule has 1 saturated heterocycles. The summed E-state index contributed by atoms with van der Waals surface area (Å²) in [6.45, 7) is 7.76. The van der Waals surface area contributed by atoms with Gasteiger partial charge in [-0.2, -0.15) is 0 Å². The van der Waals surface area contributed by atoms with E-state index in [1.165, 1.54) is 0 Å². The minimum atomic E-state index is -0.0529. The Kier molecular flexibility index (Phi) is 7.37. The molecule has 0 amide bonds. The number of hydrogen-bond acceptors (Lipinski definition) is 5. The van der Waals surface area contributed by atoms with Gasteiger partial charge in [0.2, 0.25) is 0 Å². The number of carbonyl (C=O) groups is 1. The minimum Gasteiger partial charge on any atom is -0.493 e. The number of ether oxygens (including phenoxy) is 3. The Bertz CT molecular complexity index is 532. The van der Waals surface area contributed by atoms with Gasteiger partial charge in [-0.3, -0.25) is 4.79 Å². The Hall–Kier alpha value is -1.75. The first-order valence-corrected chi connectivity index (χ1v) is 8.80. The standard InChI is InChI=1S/C19H29NO4/c1-4-23-19(21)16-7-5-10-20(14-16)11-6-12-24-17-9-8-15(2)13-18(17)22-3/h8-9,13,16H,4-7,10-12,14H2,1-3H3. The maximum absolute atomic E-state index is 11.9. The topological polar surface area (TPSA) is 48.0 Å². The highest BCUT2D eigenvalue weighted by Gasteiger charge is 2.26. The van der Waals surface area contributed by atoms with Gasteiger partial charge in [0.05, 0.1) is 26.2 Å². The number of nitrogens with zero attached hydrogens (tertiary/aromatic N) is 1. The van der Waals surface area contributed by atoms with E-state index in [1.807, 2.05) is 32.0 Å². The lowest BCUT2D eigenvalue weighted by atomic mass is 9.98. The van der Waals surface area contributed by atoms with Crippen LogP contribution in [-0.4, -0.2) is 50.8 Å². The SMILES string of the molecule is CCOC(=O)C1CCCN(CCCOc2ccc(C)cc2OC)C1. The van der Waals surface area contributed by atoms with Gasteiger partial charge in [-0.15, -0.1) is 0 Å². The lowest BCUT2D eigenvalue weighted by Crippen LogP contribution is -2.40. The van der Waals surface area contributed by atoms with E-state index in [9.17, 15) is 4.79 Å². The van der Waals surface area contributed by atoms with Gasteiger partial charge in [-0.25, -0.2) is 0 Å². The van der Waals surface area contributed by atoms with E-state index in [0.29, 0.717) is 13.2 Å². The molecule has 1 aliphatic rings. The summed E-state index contributed by atoms with van der Waals surface area (Å²) in [5.74, 6) is 1.53. The molecule has 2 rings (SSSR count). The zero-order valence-electron chi connectivity index (χ0n) is 15.0. The summed E-state index contributed by atoms with van der Waals surface area (Å²) in [5, 5.41) is 0. The fraction of sp³-hybridized carbons (Fsp3) is 0.632. The summed E-state index contributed by atoms with van der Waals surface area (Å²) < 4.78 is 16.3. The monoisotopic (exact) mass is 335 g/mol. The lowest BCUT2D eigenvalue weighted by Gasteiger charge is -2.31. The molecule has 134 valence electrons. The van der Waals surface area contributed by atoms with Gasteiger partial charge in [0.25, 0.3) is 0 Å². The molecule has 1 aromatic rings. The van der Waals surface area contributed by atoms with Crippen LogP contribution in [0.4, 0.5) is 0 Å². The Morgan fingerprint density at radius 1 is 1.33 bits per heavy atom. The van der Waals surface area contributed by atoms with Gasteiger partial charge >= 0.3 is 5.97 Å². The Morgan fingerprint density at radius 2 is 2.17 bits per heavy atom. The van der Waals surface area contributed by atoms with E-state index in [1.54, 1.807) is 7.11 Å². The van der Waals surface area contributed by atoms with Gasteiger partial charge < -0.3 is 19.1 Å². The third kappa shape index (κ3) is 5.41. The molecule has 0 saturated carbocycles.